The van der Waals surface area contributed by atoms with Gasteiger partial charge in [-0.3, -0.25) is 14.5 Å². The SMILES string of the molecule is NS(=O)(=O)c1ccc2c(c1)CCN2C(=O)CN1CCN(C(=O)c2ccccc2C(F)(F)F)CC1. The minimum atomic E-state index is -4.62. The van der Waals surface area contributed by atoms with Crippen LogP contribution in [0.5, 0.6) is 0 Å². The van der Waals surface area contributed by atoms with E-state index in [1.54, 1.807) is 11.0 Å². The first-order valence-electron chi connectivity index (χ1n) is 10.6. The molecule has 2 heterocycles. The number of sulfonamides is 1. The van der Waals surface area contributed by atoms with Gasteiger partial charge in [-0.05, 0) is 42.3 Å². The molecule has 0 radical (unpaired) electrons. The molecule has 2 aromatic carbocycles. The van der Waals surface area contributed by atoms with Crippen LogP contribution >= 0.6 is 0 Å². The van der Waals surface area contributed by atoms with Crippen LogP contribution in [-0.2, 0) is 27.4 Å². The Kier molecular flexibility index (Phi) is 6.40. The van der Waals surface area contributed by atoms with Gasteiger partial charge in [-0.2, -0.15) is 13.2 Å². The average Bonchev–Trinajstić information content (AvgIpc) is 3.21. The van der Waals surface area contributed by atoms with Crippen molar-refractivity contribution in [1.82, 2.24) is 9.80 Å². The highest BCUT2D eigenvalue weighted by Gasteiger charge is 2.36. The molecule has 1 fully saturated rings. The van der Waals surface area contributed by atoms with Crippen LogP contribution in [0.3, 0.4) is 0 Å². The minimum Gasteiger partial charge on any atom is -0.336 e. The van der Waals surface area contributed by atoms with Crippen LogP contribution in [0.2, 0.25) is 0 Å². The number of benzene rings is 2. The maximum Gasteiger partial charge on any atom is 0.417 e. The molecular weight excluding hydrogens is 473 g/mol. The van der Waals surface area contributed by atoms with E-state index in [2.05, 4.69) is 0 Å². The predicted octanol–water partition coefficient (Wildman–Crippen LogP) is 1.70. The number of nitrogens with two attached hydrogens (primary N) is 1. The van der Waals surface area contributed by atoms with Crippen LogP contribution in [0.15, 0.2) is 47.4 Å². The molecule has 1 saturated heterocycles. The highest BCUT2D eigenvalue weighted by atomic mass is 32.2. The smallest absolute Gasteiger partial charge is 0.336 e. The maximum atomic E-state index is 13.3. The van der Waals surface area contributed by atoms with E-state index in [-0.39, 0.29) is 36.0 Å². The van der Waals surface area contributed by atoms with Crippen LogP contribution in [0, 0.1) is 0 Å². The Labute approximate surface area is 194 Å². The van der Waals surface area contributed by atoms with Crippen molar-refractivity contribution < 1.29 is 31.2 Å². The molecule has 0 saturated carbocycles. The van der Waals surface area contributed by atoms with Gasteiger partial charge in [-0.25, -0.2) is 13.6 Å². The van der Waals surface area contributed by atoms with E-state index in [0.717, 1.165) is 11.6 Å². The van der Waals surface area contributed by atoms with Crippen LogP contribution in [0.25, 0.3) is 0 Å². The quantitative estimate of drug-likeness (QED) is 0.694. The van der Waals surface area contributed by atoms with E-state index in [0.29, 0.717) is 31.7 Å². The lowest BCUT2D eigenvalue weighted by molar-refractivity contribution is -0.138. The van der Waals surface area contributed by atoms with Gasteiger partial charge in [0.15, 0.2) is 0 Å². The largest absolute Gasteiger partial charge is 0.417 e. The summed E-state index contributed by atoms with van der Waals surface area (Å²) in [7, 11) is -3.83. The maximum absolute atomic E-state index is 13.3. The lowest BCUT2D eigenvalue weighted by atomic mass is 10.1. The van der Waals surface area contributed by atoms with Gasteiger partial charge in [0.05, 0.1) is 22.6 Å². The first kappa shape index (κ1) is 24.2. The second-order valence-corrected chi connectivity index (χ2v) is 9.80. The zero-order chi connectivity index (χ0) is 24.7. The summed E-state index contributed by atoms with van der Waals surface area (Å²) < 4.78 is 62.9. The van der Waals surface area contributed by atoms with E-state index in [4.69, 9.17) is 5.14 Å². The van der Waals surface area contributed by atoms with Crippen molar-refractivity contribution in [1.29, 1.82) is 0 Å². The van der Waals surface area contributed by atoms with E-state index in [9.17, 15) is 31.2 Å². The molecule has 0 unspecified atom stereocenters. The number of carbonyl (C=O) groups is 2. The zero-order valence-corrected chi connectivity index (χ0v) is 18.9. The summed E-state index contributed by atoms with van der Waals surface area (Å²) in [6, 6.07) is 9.11. The molecule has 12 heteroatoms. The molecule has 2 N–H and O–H groups in total. The Morgan fingerprint density at radius 1 is 0.971 bits per heavy atom. The Hall–Kier alpha value is -2.96. The van der Waals surface area contributed by atoms with E-state index in [1.165, 1.54) is 35.2 Å². The number of hydrogen-bond donors (Lipinski definition) is 1. The Bertz CT molecular complexity index is 1220. The Morgan fingerprint density at radius 2 is 1.65 bits per heavy atom. The number of nitrogens with zero attached hydrogens (tertiary/aromatic N) is 3. The van der Waals surface area contributed by atoms with Crippen molar-refractivity contribution in [3.8, 4) is 0 Å². The van der Waals surface area contributed by atoms with Crippen molar-refractivity contribution in [2.24, 2.45) is 5.14 Å². The van der Waals surface area contributed by atoms with Crippen LogP contribution in [0.4, 0.5) is 18.9 Å². The van der Waals surface area contributed by atoms with Crippen molar-refractivity contribution in [2.75, 3.05) is 44.2 Å². The van der Waals surface area contributed by atoms with Crippen molar-refractivity contribution in [2.45, 2.75) is 17.5 Å². The van der Waals surface area contributed by atoms with Gasteiger partial charge < -0.3 is 9.80 Å². The third kappa shape index (κ3) is 4.93. The fourth-order valence-electron chi connectivity index (χ4n) is 4.29. The monoisotopic (exact) mass is 496 g/mol. The molecule has 182 valence electrons. The highest BCUT2D eigenvalue weighted by Crippen LogP contribution is 2.33. The van der Waals surface area contributed by atoms with Gasteiger partial charge in [0.2, 0.25) is 15.9 Å². The van der Waals surface area contributed by atoms with Gasteiger partial charge in [0.25, 0.3) is 5.91 Å². The summed E-state index contributed by atoms with van der Waals surface area (Å²) in [4.78, 5) is 30.4. The molecule has 2 amide bonds. The number of hydrogen-bond acceptors (Lipinski definition) is 5. The summed E-state index contributed by atoms with van der Waals surface area (Å²) in [6.07, 6.45) is -4.12. The molecular formula is C22H23F3N4O4S. The Balaban J connectivity index is 1.37. The van der Waals surface area contributed by atoms with Gasteiger partial charge in [-0.15, -0.1) is 0 Å². The summed E-state index contributed by atoms with van der Waals surface area (Å²) in [5.74, 6) is -0.859. The second kappa shape index (κ2) is 9.01. The lowest BCUT2D eigenvalue weighted by Crippen LogP contribution is -2.51. The number of carbonyl (C=O) groups excluding carboxylic acids is 2. The molecule has 4 rings (SSSR count). The fourth-order valence-corrected chi connectivity index (χ4v) is 4.85. The standard InChI is InChI=1S/C22H23F3N4O4S/c23-22(24,25)18-4-2-1-3-17(18)21(31)28-11-9-27(10-12-28)14-20(30)29-8-7-15-13-16(34(26,32)33)5-6-19(15)29/h1-6,13H,7-12,14H2,(H2,26,32,33). The number of halogens is 3. The number of piperazine rings is 1. The molecule has 2 aliphatic rings. The van der Waals surface area contributed by atoms with E-state index < -0.39 is 27.7 Å². The Morgan fingerprint density at radius 3 is 2.29 bits per heavy atom. The number of alkyl halides is 3. The fraction of sp³-hybridized carbons (Fsp3) is 0.364. The third-order valence-electron chi connectivity index (χ3n) is 6.06. The van der Waals surface area contributed by atoms with Crippen molar-refractivity contribution in [3.05, 3.63) is 59.2 Å². The molecule has 0 spiro atoms. The van der Waals surface area contributed by atoms with Crippen LogP contribution in [-0.4, -0.2) is 69.3 Å². The van der Waals surface area contributed by atoms with Gasteiger partial charge in [-0.1, -0.05) is 12.1 Å². The summed E-state index contributed by atoms with van der Waals surface area (Å²) in [5, 5.41) is 5.17. The lowest BCUT2D eigenvalue weighted by Gasteiger charge is -2.35. The number of fused-ring (bicyclic) bond motifs is 1. The number of rotatable bonds is 4. The molecule has 0 atom stereocenters. The van der Waals surface area contributed by atoms with Crippen LogP contribution in [0.1, 0.15) is 21.5 Å². The summed E-state index contributed by atoms with van der Waals surface area (Å²) in [6.45, 7) is 1.58. The van der Waals surface area contributed by atoms with Gasteiger partial charge in [0.1, 0.15) is 0 Å². The van der Waals surface area contributed by atoms with Gasteiger partial charge >= 0.3 is 6.18 Å². The second-order valence-electron chi connectivity index (χ2n) is 8.24. The predicted molar refractivity (Wildman–Crippen MR) is 118 cm³/mol. The highest BCUT2D eigenvalue weighted by molar-refractivity contribution is 7.89. The first-order valence-corrected chi connectivity index (χ1v) is 12.1. The first-order chi connectivity index (χ1) is 15.9. The van der Waals surface area contributed by atoms with Crippen molar-refractivity contribution in [3.63, 3.8) is 0 Å². The molecule has 2 aromatic rings. The number of primary sulfonamides is 1. The van der Waals surface area contributed by atoms with Gasteiger partial charge in [0, 0.05) is 38.4 Å². The molecule has 2 aliphatic heterocycles. The topological polar surface area (TPSA) is 104 Å². The minimum absolute atomic E-state index is 0.00608. The van der Waals surface area contributed by atoms with Crippen LogP contribution < -0.4 is 10.0 Å². The third-order valence-corrected chi connectivity index (χ3v) is 6.97. The molecule has 8 nitrogen and oxygen atoms in total. The normalized spacial score (nSPS) is 17.1. The van der Waals surface area contributed by atoms with E-state index in [1.807, 2.05) is 4.90 Å². The average molecular weight is 497 g/mol. The number of amides is 2. The molecule has 0 aromatic heterocycles. The zero-order valence-electron chi connectivity index (χ0n) is 18.1. The summed E-state index contributed by atoms with van der Waals surface area (Å²) >= 11 is 0. The van der Waals surface area contributed by atoms with Crippen molar-refractivity contribution >= 4 is 27.5 Å². The van der Waals surface area contributed by atoms with E-state index >= 15 is 0 Å². The molecule has 34 heavy (non-hydrogen) atoms. The molecule has 0 bridgehead atoms. The number of anilines is 1. The molecule has 0 aliphatic carbocycles. The summed E-state index contributed by atoms with van der Waals surface area (Å²) in [5.41, 5.74) is 0.0107.